The minimum absolute atomic E-state index is 0.176. The Morgan fingerprint density at radius 1 is 1.14 bits per heavy atom. The summed E-state index contributed by atoms with van der Waals surface area (Å²) in [4.78, 5) is 13.1. The van der Waals surface area contributed by atoms with Crippen LogP contribution in [0, 0.1) is 5.92 Å². The number of nitrogens with zero attached hydrogens (tertiary/aromatic N) is 1. The van der Waals surface area contributed by atoms with E-state index in [-0.39, 0.29) is 17.3 Å². The van der Waals surface area contributed by atoms with Crippen LogP contribution in [0.1, 0.15) is 32.6 Å². The van der Waals surface area contributed by atoms with Gasteiger partial charge in [-0.2, -0.15) is 4.31 Å². The van der Waals surface area contributed by atoms with Crippen molar-refractivity contribution < 1.29 is 17.9 Å². The highest BCUT2D eigenvalue weighted by molar-refractivity contribution is 7.89. The van der Waals surface area contributed by atoms with Gasteiger partial charge in [0.2, 0.25) is 15.9 Å². The van der Waals surface area contributed by atoms with Gasteiger partial charge in [-0.1, -0.05) is 43.7 Å². The molecule has 1 unspecified atom stereocenters. The van der Waals surface area contributed by atoms with Gasteiger partial charge in [0, 0.05) is 13.1 Å². The molecule has 0 radical (unpaired) electrons. The van der Waals surface area contributed by atoms with Crippen molar-refractivity contribution in [2.75, 3.05) is 25.0 Å². The maximum Gasteiger partial charge on any atom is 0.243 e. The van der Waals surface area contributed by atoms with Gasteiger partial charge in [0.25, 0.3) is 0 Å². The highest BCUT2D eigenvalue weighted by atomic mass is 32.2. The summed E-state index contributed by atoms with van der Waals surface area (Å²) < 4.78 is 33.0. The molecule has 7 heteroatoms. The highest BCUT2D eigenvalue weighted by Crippen LogP contribution is 2.28. The number of amides is 1. The Labute approximate surface area is 172 Å². The Morgan fingerprint density at radius 2 is 1.86 bits per heavy atom. The molecule has 6 nitrogen and oxygen atoms in total. The quantitative estimate of drug-likeness (QED) is 0.662. The first-order chi connectivity index (χ1) is 14.0. The molecular weight excluding hydrogens is 388 g/mol. The van der Waals surface area contributed by atoms with Crippen LogP contribution in [0.15, 0.2) is 59.5 Å². The minimum atomic E-state index is -3.60. The average Bonchev–Trinajstić information content (AvgIpc) is 2.76. The van der Waals surface area contributed by atoms with E-state index in [0.29, 0.717) is 37.4 Å². The summed E-state index contributed by atoms with van der Waals surface area (Å²) in [7, 11) is -3.60. The number of rotatable bonds is 8. The van der Waals surface area contributed by atoms with Crippen LogP contribution in [0.5, 0.6) is 5.75 Å². The topological polar surface area (TPSA) is 75.7 Å². The monoisotopic (exact) mass is 416 g/mol. The van der Waals surface area contributed by atoms with Crippen LogP contribution in [0.25, 0.3) is 0 Å². The molecule has 2 aromatic rings. The van der Waals surface area contributed by atoms with Crippen molar-refractivity contribution in [1.29, 1.82) is 0 Å². The standard InChI is InChI=1S/C22H28N2O4S/c1-2-3-16-28-21-14-8-7-13-20(21)23-22(25)18-10-9-15-24(17-18)29(26,27)19-11-5-4-6-12-19/h4-8,11-14,18H,2-3,9-10,15-17H2,1H3,(H,23,25). The molecule has 2 aromatic carbocycles. The number of anilines is 1. The first-order valence-corrected chi connectivity index (χ1v) is 11.5. The number of para-hydroxylation sites is 2. The van der Waals surface area contributed by atoms with Gasteiger partial charge in [-0.3, -0.25) is 4.79 Å². The average molecular weight is 417 g/mol. The molecule has 1 atom stereocenters. The van der Waals surface area contributed by atoms with Crippen LogP contribution in [0.2, 0.25) is 0 Å². The zero-order valence-corrected chi connectivity index (χ0v) is 17.5. The first-order valence-electron chi connectivity index (χ1n) is 10.1. The molecule has 1 aliphatic rings. The molecule has 0 bridgehead atoms. The maximum atomic E-state index is 12.9. The Morgan fingerprint density at radius 3 is 2.62 bits per heavy atom. The van der Waals surface area contributed by atoms with Crippen molar-refractivity contribution in [3.05, 3.63) is 54.6 Å². The van der Waals surface area contributed by atoms with Crippen molar-refractivity contribution in [3.63, 3.8) is 0 Å². The molecule has 0 aromatic heterocycles. The summed E-state index contributed by atoms with van der Waals surface area (Å²) in [5, 5.41) is 2.93. The lowest BCUT2D eigenvalue weighted by atomic mass is 9.98. The summed E-state index contributed by atoms with van der Waals surface area (Å²) in [6, 6.07) is 15.7. The summed E-state index contributed by atoms with van der Waals surface area (Å²) in [5.41, 5.74) is 0.622. The number of hydrogen-bond donors (Lipinski definition) is 1. The number of ether oxygens (including phenoxy) is 1. The molecule has 1 saturated heterocycles. The van der Waals surface area contributed by atoms with Crippen LogP contribution in [0.3, 0.4) is 0 Å². The third kappa shape index (κ3) is 5.36. The molecule has 156 valence electrons. The SMILES string of the molecule is CCCCOc1ccccc1NC(=O)C1CCCN(S(=O)(=O)c2ccccc2)C1. The van der Waals surface area contributed by atoms with Gasteiger partial charge in [-0.05, 0) is 43.5 Å². The van der Waals surface area contributed by atoms with E-state index in [0.717, 1.165) is 12.8 Å². The van der Waals surface area contributed by atoms with Crippen molar-refractivity contribution >= 4 is 21.6 Å². The summed E-state index contributed by atoms with van der Waals surface area (Å²) in [6.07, 6.45) is 3.28. The summed E-state index contributed by atoms with van der Waals surface area (Å²) in [6.45, 7) is 3.30. The fourth-order valence-corrected chi connectivity index (χ4v) is 4.92. The van der Waals surface area contributed by atoms with Gasteiger partial charge < -0.3 is 10.1 Å². The fourth-order valence-electron chi connectivity index (χ4n) is 3.37. The lowest BCUT2D eigenvalue weighted by Crippen LogP contribution is -2.43. The number of piperidine rings is 1. The Bertz CT molecular complexity index is 915. The van der Waals surface area contributed by atoms with E-state index in [2.05, 4.69) is 12.2 Å². The van der Waals surface area contributed by atoms with Gasteiger partial charge in [0.05, 0.1) is 23.1 Å². The lowest BCUT2D eigenvalue weighted by Gasteiger charge is -2.31. The second kappa shape index (κ2) is 9.89. The molecule has 0 spiro atoms. The van der Waals surface area contributed by atoms with E-state index in [9.17, 15) is 13.2 Å². The third-order valence-electron chi connectivity index (χ3n) is 5.04. The predicted molar refractivity (Wildman–Crippen MR) is 113 cm³/mol. The molecule has 0 saturated carbocycles. The van der Waals surface area contributed by atoms with E-state index in [1.807, 2.05) is 18.2 Å². The second-order valence-corrected chi connectivity index (χ2v) is 9.14. The number of unbranched alkanes of at least 4 members (excludes halogenated alkanes) is 1. The van der Waals surface area contributed by atoms with E-state index in [4.69, 9.17) is 4.74 Å². The van der Waals surface area contributed by atoms with Crippen molar-refractivity contribution in [2.24, 2.45) is 5.92 Å². The summed E-state index contributed by atoms with van der Waals surface area (Å²) in [5.74, 6) is 0.0642. The molecule has 1 N–H and O–H groups in total. The molecule has 3 rings (SSSR count). The molecule has 1 fully saturated rings. The Balaban J connectivity index is 1.68. The van der Waals surface area contributed by atoms with Gasteiger partial charge >= 0.3 is 0 Å². The predicted octanol–water partition coefficient (Wildman–Crippen LogP) is 3.90. The zero-order chi connectivity index (χ0) is 20.7. The third-order valence-corrected chi connectivity index (χ3v) is 6.92. The van der Waals surface area contributed by atoms with Crippen LogP contribution in [-0.2, 0) is 14.8 Å². The molecule has 0 aliphatic carbocycles. The molecule has 29 heavy (non-hydrogen) atoms. The maximum absolute atomic E-state index is 12.9. The van der Waals surface area contributed by atoms with Gasteiger partial charge in [-0.15, -0.1) is 0 Å². The molecule has 1 amide bonds. The highest BCUT2D eigenvalue weighted by Gasteiger charge is 2.33. The Kier molecular flexibility index (Phi) is 7.28. The first kappa shape index (κ1) is 21.3. The van der Waals surface area contributed by atoms with Crippen molar-refractivity contribution in [2.45, 2.75) is 37.5 Å². The molecule has 1 aliphatic heterocycles. The van der Waals surface area contributed by atoms with Crippen molar-refractivity contribution in [1.82, 2.24) is 4.31 Å². The molecule has 1 heterocycles. The van der Waals surface area contributed by atoms with E-state index in [1.54, 1.807) is 36.4 Å². The molecular formula is C22H28N2O4S. The number of carbonyl (C=O) groups excluding carboxylic acids is 1. The number of carbonyl (C=O) groups is 1. The van der Waals surface area contributed by atoms with Crippen LogP contribution < -0.4 is 10.1 Å². The van der Waals surface area contributed by atoms with Gasteiger partial charge in [0.1, 0.15) is 5.75 Å². The Hall–Kier alpha value is -2.38. The zero-order valence-electron chi connectivity index (χ0n) is 16.7. The lowest BCUT2D eigenvalue weighted by molar-refractivity contribution is -0.120. The number of sulfonamides is 1. The van der Waals surface area contributed by atoms with Gasteiger partial charge in [-0.25, -0.2) is 8.42 Å². The van der Waals surface area contributed by atoms with Crippen LogP contribution >= 0.6 is 0 Å². The van der Waals surface area contributed by atoms with Crippen LogP contribution in [0.4, 0.5) is 5.69 Å². The van der Waals surface area contributed by atoms with Crippen molar-refractivity contribution in [3.8, 4) is 5.75 Å². The van der Waals surface area contributed by atoms with E-state index in [1.165, 1.54) is 4.31 Å². The number of benzene rings is 2. The fraction of sp³-hybridized carbons (Fsp3) is 0.409. The van der Waals surface area contributed by atoms with E-state index >= 15 is 0 Å². The van der Waals surface area contributed by atoms with Gasteiger partial charge in [0.15, 0.2) is 0 Å². The van der Waals surface area contributed by atoms with E-state index < -0.39 is 15.9 Å². The smallest absolute Gasteiger partial charge is 0.243 e. The minimum Gasteiger partial charge on any atom is -0.491 e. The number of hydrogen-bond acceptors (Lipinski definition) is 4. The normalized spacial score (nSPS) is 17.6. The van der Waals surface area contributed by atoms with Crippen LogP contribution in [-0.4, -0.2) is 38.3 Å². The summed E-state index contributed by atoms with van der Waals surface area (Å²) >= 11 is 0. The largest absolute Gasteiger partial charge is 0.491 e. The second-order valence-electron chi connectivity index (χ2n) is 7.20. The number of nitrogens with one attached hydrogen (secondary N) is 1.